The number of rotatable bonds is 10. The van der Waals surface area contributed by atoms with Crippen molar-refractivity contribution < 1.29 is 25.8 Å². The van der Waals surface area contributed by atoms with Crippen LogP contribution in [0.1, 0.15) is 108 Å². The van der Waals surface area contributed by atoms with Crippen molar-refractivity contribution in [2.45, 2.75) is 90.9 Å². The van der Waals surface area contributed by atoms with Gasteiger partial charge in [-0.3, -0.25) is 0 Å². The van der Waals surface area contributed by atoms with Crippen molar-refractivity contribution in [2.24, 2.45) is 0 Å². The Hall–Kier alpha value is -6.68. The van der Waals surface area contributed by atoms with Gasteiger partial charge in [0.2, 0.25) is 0 Å². The number of anilines is 2. The van der Waals surface area contributed by atoms with Crippen molar-refractivity contribution in [1.82, 2.24) is 9.55 Å². The van der Waals surface area contributed by atoms with Crippen LogP contribution in [-0.4, -0.2) is 9.55 Å². The van der Waals surface area contributed by atoms with E-state index in [-0.39, 0.29) is 42.7 Å². The molecule has 5 nitrogen and oxygen atoms in total. The number of ether oxygens (including phenoxy) is 1. The van der Waals surface area contributed by atoms with E-state index in [0.29, 0.717) is 11.5 Å². The Morgan fingerprint density at radius 3 is 1.70 bits per heavy atom. The molecule has 2 aromatic heterocycles. The summed E-state index contributed by atoms with van der Waals surface area (Å²) in [5.74, 6) is 2.01. The standard InChI is InChI=1S/C64H61N4O.Pt/c1-61(2,3)49-35-50(62(4,5)6)37-52(36-49)67-43-66(42-59(67)44-21-14-11-15-22-44)51-27-20-28-53(40-51)69-54-30-31-55-56-38-47(63(7,8)45-23-16-12-17-24-45)29-32-57(56)68(58(55)41-54)60-39-48(33-34-65-60)64(9,10)46-25-18-13-19-26-46;/h11-39,42-43H,1-10H3;/q-3;. The average molecular weight is 1100 g/mol. The van der Waals surface area contributed by atoms with E-state index in [0.717, 1.165) is 50.3 Å². The normalized spacial score (nSPS) is 13.4. The molecule has 0 fully saturated rings. The second-order valence-electron chi connectivity index (χ2n) is 21.6. The van der Waals surface area contributed by atoms with Crippen LogP contribution in [-0.2, 0) is 42.7 Å². The van der Waals surface area contributed by atoms with Gasteiger partial charge in [-0.1, -0.05) is 184 Å². The monoisotopic (exact) mass is 1100 g/mol. The van der Waals surface area contributed by atoms with Gasteiger partial charge in [-0.2, -0.15) is 12.1 Å². The molecule has 70 heavy (non-hydrogen) atoms. The van der Waals surface area contributed by atoms with Gasteiger partial charge >= 0.3 is 0 Å². The Labute approximate surface area is 429 Å². The molecule has 0 saturated heterocycles. The molecule has 0 N–H and O–H groups in total. The van der Waals surface area contributed by atoms with E-state index in [1.165, 1.54) is 33.4 Å². The molecule has 0 unspecified atom stereocenters. The van der Waals surface area contributed by atoms with Crippen LogP contribution in [0.5, 0.6) is 11.5 Å². The van der Waals surface area contributed by atoms with E-state index < -0.39 is 0 Å². The van der Waals surface area contributed by atoms with Crippen LogP contribution in [0.2, 0.25) is 0 Å². The Kier molecular flexibility index (Phi) is 12.8. The first kappa shape index (κ1) is 48.3. The van der Waals surface area contributed by atoms with Crippen molar-refractivity contribution in [1.29, 1.82) is 0 Å². The van der Waals surface area contributed by atoms with Gasteiger partial charge in [-0.25, -0.2) is 4.98 Å². The molecule has 9 aromatic rings. The summed E-state index contributed by atoms with van der Waals surface area (Å²) in [5, 5.41) is 2.21. The first-order chi connectivity index (χ1) is 32.9. The van der Waals surface area contributed by atoms with Gasteiger partial charge in [-0.05, 0) is 91.7 Å². The summed E-state index contributed by atoms with van der Waals surface area (Å²) in [7, 11) is 0. The van der Waals surface area contributed by atoms with Crippen LogP contribution >= 0.6 is 0 Å². The largest absolute Gasteiger partial charge is 0.509 e. The van der Waals surface area contributed by atoms with Gasteiger partial charge in [0.05, 0.1) is 0 Å². The molecule has 0 amide bonds. The van der Waals surface area contributed by atoms with Crippen LogP contribution in [0.25, 0.3) is 33.3 Å². The number of nitrogens with zero attached hydrogens (tertiary/aromatic N) is 4. The Balaban J connectivity index is 0.00000608. The number of hydrogen-bond donors (Lipinski definition) is 0. The van der Waals surface area contributed by atoms with Crippen molar-refractivity contribution in [3.8, 4) is 17.3 Å². The van der Waals surface area contributed by atoms with Crippen molar-refractivity contribution in [2.75, 3.05) is 9.80 Å². The molecule has 0 atom stereocenters. The maximum Gasteiger partial charge on any atom is 0.135 e. The SMILES string of the molecule is CC(C)(C)c1cc(N2[CH-]N(c3[c-]c(Oc4[c-]c5c(cc4)c4cc(C(C)(C)c6ccccc6)ccc4n5-c4cc(C(C)(C)c5ccccc5)ccn4)ccc3)C=C2c2ccccc2)cc(C(C)(C)C)c1.[Pt]. The fraction of sp³-hybridized carbons (Fsp3) is 0.219. The second kappa shape index (κ2) is 18.6. The predicted molar refractivity (Wildman–Crippen MR) is 287 cm³/mol. The van der Waals surface area contributed by atoms with Gasteiger partial charge in [0, 0.05) is 66.5 Å². The predicted octanol–water partition coefficient (Wildman–Crippen LogP) is 16.3. The third kappa shape index (κ3) is 9.25. The van der Waals surface area contributed by atoms with Crippen molar-refractivity contribution >= 4 is 38.9 Å². The number of hydrogen-bond acceptors (Lipinski definition) is 4. The quantitative estimate of drug-likeness (QED) is 0.128. The minimum absolute atomic E-state index is 0. The third-order valence-corrected chi connectivity index (χ3v) is 14.1. The zero-order chi connectivity index (χ0) is 48.3. The van der Waals surface area contributed by atoms with Crippen molar-refractivity contribution in [3.05, 3.63) is 240 Å². The first-order valence-electron chi connectivity index (χ1n) is 24.1. The molecule has 0 aliphatic carbocycles. The molecular formula is C64H61N4OPt-3. The maximum absolute atomic E-state index is 6.75. The number of pyridine rings is 1. The van der Waals surface area contributed by atoms with E-state index in [1.807, 2.05) is 24.4 Å². The van der Waals surface area contributed by atoms with E-state index in [1.54, 1.807) is 0 Å². The van der Waals surface area contributed by atoms with Gasteiger partial charge in [0.1, 0.15) is 5.82 Å². The van der Waals surface area contributed by atoms with E-state index in [2.05, 4.69) is 260 Å². The summed E-state index contributed by atoms with van der Waals surface area (Å²) in [6.45, 7) is 25.0. The third-order valence-electron chi connectivity index (χ3n) is 14.1. The summed E-state index contributed by atoms with van der Waals surface area (Å²) in [5.41, 5.74) is 13.1. The molecule has 1 aliphatic rings. The number of fused-ring (bicyclic) bond motifs is 3. The zero-order valence-electron chi connectivity index (χ0n) is 41.9. The summed E-state index contributed by atoms with van der Waals surface area (Å²) in [6, 6.07) is 67.9. The Bertz CT molecular complexity index is 3320. The molecule has 3 heterocycles. The topological polar surface area (TPSA) is 33.5 Å². The Morgan fingerprint density at radius 2 is 1.09 bits per heavy atom. The minimum atomic E-state index is -0.254. The fourth-order valence-corrected chi connectivity index (χ4v) is 9.54. The van der Waals surface area contributed by atoms with E-state index >= 15 is 0 Å². The molecule has 0 radical (unpaired) electrons. The zero-order valence-corrected chi connectivity index (χ0v) is 44.2. The van der Waals surface area contributed by atoms with Gasteiger partial charge in [0.15, 0.2) is 0 Å². The molecule has 1 aliphatic heterocycles. The van der Waals surface area contributed by atoms with Gasteiger partial charge in [0.25, 0.3) is 0 Å². The van der Waals surface area contributed by atoms with Crippen LogP contribution in [0.3, 0.4) is 0 Å². The van der Waals surface area contributed by atoms with Crippen LogP contribution in [0.15, 0.2) is 182 Å². The van der Waals surface area contributed by atoms with Crippen molar-refractivity contribution in [3.63, 3.8) is 0 Å². The minimum Gasteiger partial charge on any atom is -0.509 e. The molecular weight excluding hydrogens is 1040 g/mol. The molecule has 0 saturated carbocycles. The molecule has 0 bridgehead atoms. The summed E-state index contributed by atoms with van der Waals surface area (Å²) in [6.07, 6.45) is 4.12. The van der Waals surface area contributed by atoms with Gasteiger partial charge < -0.3 is 19.1 Å². The Morgan fingerprint density at radius 1 is 0.500 bits per heavy atom. The van der Waals surface area contributed by atoms with Crippen LogP contribution in [0, 0.1) is 18.8 Å². The number of aromatic nitrogens is 2. The second-order valence-corrected chi connectivity index (χ2v) is 21.6. The number of benzene rings is 7. The summed E-state index contributed by atoms with van der Waals surface area (Å²) < 4.78 is 9.00. The smallest absolute Gasteiger partial charge is 0.135 e. The first-order valence-corrected chi connectivity index (χ1v) is 24.1. The molecule has 0 spiro atoms. The average Bonchev–Trinajstić information content (AvgIpc) is 3.94. The summed E-state index contributed by atoms with van der Waals surface area (Å²) in [4.78, 5) is 9.49. The molecule has 6 heteroatoms. The van der Waals surface area contributed by atoms with Gasteiger partial charge in [-0.15, -0.1) is 48.1 Å². The molecule has 7 aromatic carbocycles. The van der Waals surface area contributed by atoms with E-state index in [9.17, 15) is 0 Å². The summed E-state index contributed by atoms with van der Waals surface area (Å²) >= 11 is 0. The fourth-order valence-electron chi connectivity index (χ4n) is 9.54. The van der Waals surface area contributed by atoms with Crippen LogP contribution < -0.4 is 14.5 Å². The molecule has 10 rings (SSSR count). The van der Waals surface area contributed by atoms with E-state index in [4.69, 9.17) is 9.72 Å². The van der Waals surface area contributed by atoms with Crippen LogP contribution in [0.4, 0.5) is 11.4 Å². The molecule has 356 valence electrons. The maximum atomic E-state index is 6.75.